The Morgan fingerprint density at radius 2 is 1.96 bits per heavy atom. The first-order valence-corrected chi connectivity index (χ1v) is 9.69. The number of carbonyl (C=O) groups is 1. The number of amides is 1. The van der Waals surface area contributed by atoms with Crippen LogP contribution in [0.5, 0.6) is 0 Å². The molecule has 1 heterocycles. The average molecular weight is 402 g/mol. The maximum Gasteiger partial charge on any atom is 0.233 e. The molecule has 0 radical (unpaired) electrons. The van der Waals surface area contributed by atoms with E-state index < -0.39 is 0 Å². The van der Waals surface area contributed by atoms with Crippen molar-refractivity contribution in [3.05, 3.63) is 64.7 Å². The number of hydrogen-bond donors (Lipinski definition) is 1. The molecule has 0 saturated heterocycles. The van der Waals surface area contributed by atoms with Gasteiger partial charge in [0.25, 0.3) is 0 Å². The van der Waals surface area contributed by atoms with Crippen molar-refractivity contribution >= 4 is 29.3 Å². The summed E-state index contributed by atoms with van der Waals surface area (Å²) in [5.74, 6) is 6.87. The predicted octanol–water partition coefficient (Wildman–Crippen LogP) is 3.37. The molecule has 0 spiro atoms. The van der Waals surface area contributed by atoms with Crippen molar-refractivity contribution in [2.75, 3.05) is 18.6 Å². The highest BCUT2D eigenvalue weighted by atomic mass is 35.5. The Balaban J connectivity index is 1.61. The molecule has 0 aliphatic heterocycles. The summed E-state index contributed by atoms with van der Waals surface area (Å²) in [7, 11) is 1.76. The Kier molecular flexibility index (Phi) is 6.03. The molecule has 1 aromatic heterocycles. The van der Waals surface area contributed by atoms with E-state index in [-0.39, 0.29) is 11.7 Å². The van der Waals surface area contributed by atoms with Gasteiger partial charge in [-0.2, -0.15) is 0 Å². The van der Waals surface area contributed by atoms with Crippen LogP contribution in [-0.4, -0.2) is 38.5 Å². The van der Waals surface area contributed by atoms with Gasteiger partial charge in [-0.1, -0.05) is 65.3 Å². The molecule has 0 unspecified atom stereocenters. The van der Waals surface area contributed by atoms with Gasteiger partial charge < -0.3 is 10.7 Å². The fourth-order valence-electron chi connectivity index (χ4n) is 2.51. The van der Waals surface area contributed by atoms with Crippen molar-refractivity contribution in [3.8, 4) is 11.4 Å². The van der Waals surface area contributed by atoms with Crippen molar-refractivity contribution in [1.82, 2.24) is 19.8 Å². The third-order valence-electron chi connectivity index (χ3n) is 4.03. The quantitative estimate of drug-likeness (QED) is 0.506. The van der Waals surface area contributed by atoms with E-state index in [1.807, 2.05) is 55.5 Å². The first-order chi connectivity index (χ1) is 12.9. The second kappa shape index (κ2) is 8.45. The SMILES string of the molecule is Cc1ccc(-c2nnc(SCC(=O)N(C)Cc3cccc(Cl)c3)n2N)cc1. The molecule has 3 rings (SSSR count). The Morgan fingerprint density at radius 3 is 2.67 bits per heavy atom. The number of hydrogen-bond acceptors (Lipinski definition) is 5. The van der Waals surface area contributed by atoms with Gasteiger partial charge >= 0.3 is 0 Å². The average Bonchev–Trinajstić information content (AvgIpc) is 3.01. The highest BCUT2D eigenvalue weighted by Crippen LogP contribution is 2.22. The van der Waals surface area contributed by atoms with Gasteiger partial charge in [-0.3, -0.25) is 4.79 Å². The third-order valence-corrected chi connectivity index (χ3v) is 5.20. The summed E-state index contributed by atoms with van der Waals surface area (Å²) in [6.45, 7) is 2.51. The lowest BCUT2D eigenvalue weighted by Crippen LogP contribution is -2.28. The van der Waals surface area contributed by atoms with Crippen LogP contribution >= 0.6 is 23.4 Å². The maximum absolute atomic E-state index is 12.4. The molecule has 3 aromatic rings. The molecule has 140 valence electrons. The summed E-state index contributed by atoms with van der Waals surface area (Å²) >= 11 is 7.25. The number of nitrogens with two attached hydrogens (primary N) is 1. The fraction of sp³-hybridized carbons (Fsp3) is 0.211. The first kappa shape index (κ1) is 19.3. The van der Waals surface area contributed by atoms with E-state index in [0.717, 1.165) is 16.7 Å². The number of nitrogen functional groups attached to an aromatic ring is 1. The molecule has 6 nitrogen and oxygen atoms in total. The number of benzene rings is 2. The highest BCUT2D eigenvalue weighted by molar-refractivity contribution is 7.99. The summed E-state index contributed by atoms with van der Waals surface area (Å²) < 4.78 is 1.42. The molecule has 27 heavy (non-hydrogen) atoms. The summed E-state index contributed by atoms with van der Waals surface area (Å²) in [5, 5.41) is 9.40. The molecule has 0 aliphatic rings. The van der Waals surface area contributed by atoms with Crippen molar-refractivity contribution in [2.24, 2.45) is 0 Å². The van der Waals surface area contributed by atoms with Gasteiger partial charge in [0.2, 0.25) is 11.1 Å². The smallest absolute Gasteiger partial charge is 0.233 e. The minimum absolute atomic E-state index is 0.0279. The van der Waals surface area contributed by atoms with Crippen molar-refractivity contribution in [2.45, 2.75) is 18.6 Å². The molecule has 0 saturated carbocycles. The van der Waals surface area contributed by atoms with Crippen LogP contribution in [0.25, 0.3) is 11.4 Å². The minimum atomic E-state index is -0.0279. The Morgan fingerprint density at radius 1 is 1.22 bits per heavy atom. The zero-order chi connectivity index (χ0) is 19.4. The van der Waals surface area contributed by atoms with E-state index >= 15 is 0 Å². The molecule has 1 amide bonds. The van der Waals surface area contributed by atoms with Crippen LogP contribution in [0.2, 0.25) is 5.02 Å². The van der Waals surface area contributed by atoms with Gasteiger partial charge in [-0.05, 0) is 24.6 Å². The van der Waals surface area contributed by atoms with Gasteiger partial charge in [-0.25, -0.2) is 4.68 Å². The largest absolute Gasteiger partial charge is 0.341 e. The number of carbonyl (C=O) groups excluding carboxylic acids is 1. The van der Waals surface area contributed by atoms with Gasteiger partial charge in [0.1, 0.15) is 0 Å². The molecular formula is C19H20ClN5OS. The standard InChI is InChI=1S/C19H20ClN5OS/c1-13-6-8-15(9-7-13)18-22-23-19(25(18)21)27-12-17(26)24(2)11-14-4-3-5-16(20)10-14/h3-10H,11-12,21H2,1-2H3. The van der Waals surface area contributed by atoms with E-state index in [2.05, 4.69) is 10.2 Å². The third kappa shape index (κ3) is 4.81. The van der Waals surface area contributed by atoms with Gasteiger partial charge in [0.05, 0.1) is 5.75 Å². The second-order valence-electron chi connectivity index (χ2n) is 6.21. The number of aryl methyl sites for hydroxylation is 1. The van der Waals surface area contributed by atoms with Crippen molar-refractivity contribution in [3.63, 3.8) is 0 Å². The molecule has 0 aliphatic carbocycles. The predicted molar refractivity (Wildman–Crippen MR) is 109 cm³/mol. The summed E-state index contributed by atoms with van der Waals surface area (Å²) in [4.78, 5) is 14.1. The van der Waals surface area contributed by atoms with E-state index in [4.69, 9.17) is 17.4 Å². The van der Waals surface area contributed by atoms with E-state index in [1.54, 1.807) is 11.9 Å². The number of aromatic nitrogens is 3. The minimum Gasteiger partial charge on any atom is -0.341 e. The zero-order valence-electron chi connectivity index (χ0n) is 15.1. The number of nitrogens with zero attached hydrogens (tertiary/aromatic N) is 4. The summed E-state index contributed by atoms with van der Waals surface area (Å²) in [5.41, 5.74) is 3.02. The van der Waals surface area contributed by atoms with Gasteiger partial charge in [0.15, 0.2) is 5.82 Å². The molecule has 0 fully saturated rings. The van der Waals surface area contributed by atoms with Crippen LogP contribution in [0.3, 0.4) is 0 Å². The van der Waals surface area contributed by atoms with Crippen LogP contribution in [0.15, 0.2) is 53.7 Å². The second-order valence-corrected chi connectivity index (χ2v) is 7.59. The first-order valence-electron chi connectivity index (χ1n) is 8.33. The van der Waals surface area contributed by atoms with Crippen LogP contribution in [-0.2, 0) is 11.3 Å². The van der Waals surface area contributed by atoms with Crippen LogP contribution in [0.1, 0.15) is 11.1 Å². The number of halogens is 1. The molecule has 0 atom stereocenters. The van der Waals surface area contributed by atoms with Crippen LogP contribution in [0.4, 0.5) is 0 Å². The molecular weight excluding hydrogens is 382 g/mol. The molecule has 0 bridgehead atoms. The van der Waals surface area contributed by atoms with E-state index in [9.17, 15) is 4.79 Å². The fourth-order valence-corrected chi connectivity index (χ4v) is 3.52. The monoisotopic (exact) mass is 401 g/mol. The maximum atomic E-state index is 12.4. The van der Waals surface area contributed by atoms with Gasteiger partial charge in [0, 0.05) is 24.2 Å². The molecule has 2 aromatic carbocycles. The zero-order valence-corrected chi connectivity index (χ0v) is 16.7. The Hall–Kier alpha value is -2.51. The summed E-state index contributed by atoms with van der Waals surface area (Å²) in [6.07, 6.45) is 0. The lowest BCUT2D eigenvalue weighted by Gasteiger charge is -2.17. The summed E-state index contributed by atoms with van der Waals surface area (Å²) in [6, 6.07) is 15.3. The van der Waals surface area contributed by atoms with Crippen molar-refractivity contribution in [1.29, 1.82) is 0 Å². The highest BCUT2D eigenvalue weighted by Gasteiger charge is 2.16. The Bertz CT molecular complexity index is 942. The number of rotatable bonds is 6. The van der Waals surface area contributed by atoms with E-state index in [1.165, 1.54) is 16.4 Å². The normalized spacial score (nSPS) is 10.8. The topological polar surface area (TPSA) is 77.0 Å². The van der Waals surface area contributed by atoms with Gasteiger partial charge in [-0.15, -0.1) is 10.2 Å². The lowest BCUT2D eigenvalue weighted by atomic mass is 10.1. The van der Waals surface area contributed by atoms with Crippen molar-refractivity contribution < 1.29 is 4.79 Å². The Labute approximate surface area is 167 Å². The molecule has 2 N–H and O–H groups in total. The number of thioether (sulfide) groups is 1. The molecule has 8 heteroatoms. The van der Waals surface area contributed by atoms with E-state index in [0.29, 0.717) is 22.5 Å². The van der Waals surface area contributed by atoms with Crippen LogP contribution < -0.4 is 5.84 Å². The lowest BCUT2D eigenvalue weighted by molar-refractivity contribution is -0.127. The van der Waals surface area contributed by atoms with Crippen LogP contribution in [0, 0.1) is 6.92 Å².